The Labute approximate surface area is 134 Å². The molecule has 2 amide bonds. The van der Waals surface area contributed by atoms with Gasteiger partial charge in [-0.05, 0) is 36.9 Å². The van der Waals surface area contributed by atoms with Crippen molar-refractivity contribution in [2.75, 3.05) is 13.1 Å². The van der Waals surface area contributed by atoms with E-state index in [0.717, 1.165) is 36.1 Å². The first-order valence-corrected chi connectivity index (χ1v) is 8.14. The number of carbonyl (C=O) groups is 2. The highest BCUT2D eigenvalue weighted by Gasteiger charge is 2.31. The second kappa shape index (κ2) is 5.45. The highest BCUT2D eigenvalue weighted by molar-refractivity contribution is 6.02. The molecule has 2 aliphatic heterocycles. The van der Waals surface area contributed by atoms with E-state index in [2.05, 4.69) is 33.9 Å². The summed E-state index contributed by atoms with van der Waals surface area (Å²) in [6.45, 7) is 2.08. The zero-order valence-corrected chi connectivity index (χ0v) is 13.1. The van der Waals surface area contributed by atoms with Crippen LogP contribution in [0.2, 0.25) is 0 Å². The monoisotopic (exact) mass is 312 g/mol. The number of hydrogen-bond donors (Lipinski definition) is 2. The van der Waals surface area contributed by atoms with E-state index in [1.165, 1.54) is 5.56 Å². The second-order valence-corrected chi connectivity index (χ2v) is 6.48. The molecule has 0 spiro atoms. The number of hydrogen-bond acceptors (Lipinski definition) is 4. The van der Waals surface area contributed by atoms with Crippen molar-refractivity contribution in [2.45, 2.75) is 31.1 Å². The lowest BCUT2D eigenvalue weighted by Crippen LogP contribution is -2.39. The molecule has 1 aromatic heterocycles. The fraction of sp³-hybridized carbons (Fsp3) is 0.471. The van der Waals surface area contributed by atoms with Gasteiger partial charge in [0.2, 0.25) is 11.8 Å². The Kier molecular flexibility index (Phi) is 3.41. The van der Waals surface area contributed by atoms with Crippen molar-refractivity contribution in [3.05, 3.63) is 29.5 Å². The van der Waals surface area contributed by atoms with E-state index in [4.69, 9.17) is 0 Å². The van der Waals surface area contributed by atoms with Crippen LogP contribution in [0.4, 0.5) is 0 Å². The quantitative estimate of drug-likeness (QED) is 0.816. The average Bonchev–Trinajstić information content (AvgIpc) is 3.16. The Balaban J connectivity index is 1.74. The normalized spacial score (nSPS) is 25.1. The molecule has 2 saturated heterocycles. The van der Waals surface area contributed by atoms with Crippen LogP contribution in [0.5, 0.6) is 0 Å². The van der Waals surface area contributed by atoms with Crippen LogP contribution in [0.1, 0.15) is 42.4 Å². The van der Waals surface area contributed by atoms with Gasteiger partial charge in [-0.2, -0.15) is 5.10 Å². The van der Waals surface area contributed by atoms with Crippen molar-refractivity contribution in [2.24, 2.45) is 7.05 Å². The Hall–Kier alpha value is -2.21. The van der Waals surface area contributed by atoms with Crippen molar-refractivity contribution in [3.8, 4) is 0 Å². The Morgan fingerprint density at radius 1 is 1.26 bits per heavy atom. The summed E-state index contributed by atoms with van der Waals surface area (Å²) in [6.07, 6.45) is 2.06. The molecule has 120 valence electrons. The fourth-order valence-electron chi connectivity index (χ4n) is 3.71. The molecule has 0 saturated carbocycles. The molecule has 0 aliphatic carbocycles. The zero-order chi connectivity index (χ0) is 16.0. The first-order valence-electron chi connectivity index (χ1n) is 8.14. The maximum Gasteiger partial charge on any atom is 0.235 e. The van der Waals surface area contributed by atoms with Crippen LogP contribution in [0, 0.1) is 0 Å². The fourth-order valence-corrected chi connectivity index (χ4v) is 3.71. The van der Waals surface area contributed by atoms with Gasteiger partial charge in [0.15, 0.2) is 0 Å². The van der Waals surface area contributed by atoms with Crippen LogP contribution in [0.15, 0.2) is 18.2 Å². The summed E-state index contributed by atoms with van der Waals surface area (Å²) in [6, 6.07) is 6.42. The van der Waals surface area contributed by atoms with Gasteiger partial charge in [-0.3, -0.25) is 19.6 Å². The highest BCUT2D eigenvalue weighted by atomic mass is 16.2. The minimum Gasteiger partial charge on any atom is -0.316 e. The second-order valence-electron chi connectivity index (χ2n) is 6.48. The molecule has 2 aromatic rings. The van der Waals surface area contributed by atoms with E-state index in [1.807, 2.05) is 11.7 Å². The van der Waals surface area contributed by atoms with Gasteiger partial charge in [-0.15, -0.1) is 0 Å². The molecule has 2 fully saturated rings. The van der Waals surface area contributed by atoms with Gasteiger partial charge in [-0.25, -0.2) is 0 Å². The summed E-state index contributed by atoms with van der Waals surface area (Å²) in [5, 5.41) is 11.4. The van der Waals surface area contributed by atoms with E-state index < -0.39 is 0 Å². The minimum atomic E-state index is -0.338. The number of piperidine rings is 1. The molecule has 6 heteroatoms. The maximum atomic E-state index is 12.1. The van der Waals surface area contributed by atoms with E-state index >= 15 is 0 Å². The maximum absolute atomic E-state index is 12.1. The smallest absolute Gasteiger partial charge is 0.235 e. The standard InChI is InChI=1S/C17H20N4O2/c1-21-14-8-10(11-6-7-18-9-11)2-3-12(14)16(20-21)13-4-5-15(22)19-17(13)23/h2-3,8,11,13,18H,4-7,9H2,1H3,(H,19,22,23). The summed E-state index contributed by atoms with van der Waals surface area (Å²) < 4.78 is 1.85. The molecule has 4 rings (SSSR count). The number of nitrogens with one attached hydrogen (secondary N) is 2. The minimum absolute atomic E-state index is 0.192. The number of fused-ring (bicyclic) bond motifs is 1. The van der Waals surface area contributed by atoms with Crippen LogP contribution in [0.25, 0.3) is 10.9 Å². The lowest BCUT2D eigenvalue weighted by atomic mass is 9.91. The topological polar surface area (TPSA) is 76.0 Å². The number of nitrogens with zero attached hydrogens (tertiary/aromatic N) is 2. The lowest BCUT2D eigenvalue weighted by molar-refractivity contribution is -0.134. The number of imide groups is 1. The summed E-state index contributed by atoms with van der Waals surface area (Å²) in [4.78, 5) is 23.5. The molecule has 3 heterocycles. The molecule has 2 aliphatic rings. The summed E-state index contributed by atoms with van der Waals surface area (Å²) in [5.41, 5.74) is 3.15. The number of carbonyl (C=O) groups excluding carboxylic acids is 2. The highest BCUT2D eigenvalue weighted by Crippen LogP contribution is 2.32. The van der Waals surface area contributed by atoms with Gasteiger partial charge in [0.1, 0.15) is 0 Å². The van der Waals surface area contributed by atoms with Crippen LogP contribution < -0.4 is 10.6 Å². The predicted octanol–water partition coefficient (Wildman–Crippen LogP) is 1.17. The molecular weight excluding hydrogens is 292 g/mol. The van der Waals surface area contributed by atoms with Gasteiger partial charge in [0.05, 0.1) is 17.1 Å². The number of aryl methyl sites for hydroxylation is 1. The third-order valence-electron chi connectivity index (χ3n) is 5.01. The molecule has 0 bridgehead atoms. The summed E-state index contributed by atoms with van der Waals surface area (Å²) >= 11 is 0. The van der Waals surface area contributed by atoms with Crippen LogP contribution in [-0.4, -0.2) is 34.7 Å². The Bertz CT molecular complexity index is 789. The van der Waals surface area contributed by atoms with E-state index in [1.54, 1.807) is 0 Å². The molecule has 6 nitrogen and oxygen atoms in total. The molecule has 2 unspecified atom stereocenters. The Morgan fingerprint density at radius 3 is 2.87 bits per heavy atom. The first-order chi connectivity index (χ1) is 11.1. The van der Waals surface area contributed by atoms with Gasteiger partial charge >= 0.3 is 0 Å². The molecule has 2 N–H and O–H groups in total. The third-order valence-corrected chi connectivity index (χ3v) is 5.01. The van der Waals surface area contributed by atoms with Crippen molar-refractivity contribution in [1.29, 1.82) is 0 Å². The van der Waals surface area contributed by atoms with Crippen LogP contribution >= 0.6 is 0 Å². The number of aromatic nitrogens is 2. The molecule has 0 radical (unpaired) electrons. The molecule has 1 aromatic carbocycles. The van der Waals surface area contributed by atoms with Crippen molar-refractivity contribution >= 4 is 22.7 Å². The van der Waals surface area contributed by atoms with E-state index in [0.29, 0.717) is 18.8 Å². The summed E-state index contributed by atoms with van der Waals surface area (Å²) in [5.74, 6) is -0.212. The predicted molar refractivity (Wildman–Crippen MR) is 86.1 cm³/mol. The molecule has 2 atom stereocenters. The van der Waals surface area contributed by atoms with Crippen molar-refractivity contribution in [3.63, 3.8) is 0 Å². The average molecular weight is 312 g/mol. The zero-order valence-electron chi connectivity index (χ0n) is 13.1. The molecule has 23 heavy (non-hydrogen) atoms. The largest absolute Gasteiger partial charge is 0.316 e. The van der Waals surface area contributed by atoms with Gasteiger partial charge in [-0.1, -0.05) is 12.1 Å². The number of rotatable bonds is 2. The SMILES string of the molecule is Cn1nc(C2CCC(=O)NC2=O)c2ccc(C3CCNC3)cc21. The van der Waals surface area contributed by atoms with Gasteiger partial charge < -0.3 is 5.32 Å². The Morgan fingerprint density at radius 2 is 2.13 bits per heavy atom. The number of amides is 2. The van der Waals surface area contributed by atoms with Crippen molar-refractivity contribution < 1.29 is 9.59 Å². The van der Waals surface area contributed by atoms with Gasteiger partial charge in [0.25, 0.3) is 0 Å². The summed E-state index contributed by atoms with van der Waals surface area (Å²) in [7, 11) is 1.91. The third kappa shape index (κ3) is 2.43. The number of benzene rings is 1. The van der Waals surface area contributed by atoms with Crippen LogP contribution in [0.3, 0.4) is 0 Å². The first kappa shape index (κ1) is 14.4. The van der Waals surface area contributed by atoms with Crippen LogP contribution in [-0.2, 0) is 16.6 Å². The van der Waals surface area contributed by atoms with Gasteiger partial charge in [0, 0.05) is 25.4 Å². The van der Waals surface area contributed by atoms with Crippen molar-refractivity contribution in [1.82, 2.24) is 20.4 Å². The molecular formula is C17H20N4O2. The van der Waals surface area contributed by atoms with E-state index in [9.17, 15) is 9.59 Å². The lowest BCUT2D eigenvalue weighted by Gasteiger charge is -2.19. The van der Waals surface area contributed by atoms with E-state index in [-0.39, 0.29) is 17.7 Å².